The SMILES string of the molecule is COc1ccc(C(=O)COC(=O)c2cccc3c(=O)c(C)c(-c4ccccc4)oc23)cc1OC. The normalized spacial score (nSPS) is 10.7. The molecular weight excluding hydrogens is 436 g/mol. The van der Waals surface area contributed by atoms with Gasteiger partial charge in [0.1, 0.15) is 11.3 Å². The topological polar surface area (TPSA) is 92.0 Å². The number of rotatable bonds is 7. The average Bonchev–Trinajstić information content (AvgIpc) is 2.88. The van der Waals surface area contributed by atoms with Crippen molar-refractivity contribution >= 4 is 22.7 Å². The predicted octanol–water partition coefficient (Wildman–Crippen LogP) is 4.83. The highest BCUT2D eigenvalue weighted by Gasteiger charge is 2.20. The fraction of sp³-hybridized carbons (Fsp3) is 0.148. The van der Waals surface area contributed by atoms with Gasteiger partial charge in [-0.2, -0.15) is 0 Å². The predicted molar refractivity (Wildman–Crippen MR) is 127 cm³/mol. The summed E-state index contributed by atoms with van der Waals surface area (Å²) in [4.78, 5) is 38.5. The molecule has 7 heteroatoms. The van der Waals surface area contributed by atoms with E-state index < -0.39 is 18.4 Å². The first-order valence-corrected chi connectivity index (χ1v) is 10.5. The van der Waals surface area contributed by atoms with Gasteiger partial charge in [0, 0.05) is 16.7 Å². The maximum absolute atomic E-state index is 13.0. The van der Waals surface area contributed by atoms with Crippen LogP contribution in [-0.2, 0) is 4.74 Å². The van der Waals surface area contributed by atoms with E-state index in [-0.39, 0.29) is 22.0 Å². The summed E-state index contributed by atoms with van der Waals surface area (Å²) >= 11 is 0. The number of fused-ring (bicyclic) bond motifs is 1. The van der Waals surface area contributed by atoms with E-state index in [2.05, 4.69) is 0 Å². The summed E-state index contributed by atoms with van der Waals surface area (Å²) in [5.74, 6) is 0.0488. The second-order valence-corrected chi connectivity index (χ2v) is 7.50. The molecule has 0 saturated heterocycles. The van der Waals surface area contributed by atoms with Gasteiger partial charge in [0.25, 0.3) is 0 Å². The van der Waals surface area contributed by atoms with Crippen molar-refractivity contribution in [3.63, 3.8) is 0 Å². The molecule has 0 bridgehead atoms. The highest BCUT2D eigenvalue weighted by Crippen LogP contribution is 2.29. The number of hydrogen-bond donors (Lipinski definition) is 0. The number of hydrogen-bond acceptors (Lipinski definition) is 7. The van der Waals surface area contributed by atoms with Crippen molar-refractivity contribution in [2.45, 2.75) is 6.92 Å². The van der Waals surface area contributed by atoms with Gasteiger partial charge < -0.3 is 18.6 Å². The molecule has 0 saturated carbocycles. The Bertz CT molecular complexity index is 1440. The van der Waals surface area contributed by atoms with Crippen LogP contribution in [0.1, 0.15) is 26.3 Å². The molecule has 0 spiro atoms. The lowest BCUT2D eigenvalue weighted by atomic mass is 10.0. The van der Waals surface area contributed by atoms with Crippen LogP contribution < -0.4 is 14.9 Å². The first-order valence-electron chi connectivity index (χ1n) is 10.5. The van der Waals surface area contributed by atoms with Gasteiger partial charge >= 0.3 is 5.97 Å². The fourth-order valence-electron chi connectivity index (χ4n) is 3.64. The van der Waals surface area contributed by atoms with E-state index in [9.17, 15) is 14.4 Å². The zero-order chi connectivity index (χ0) is 24.2. The minimum atomic E-state index is -0.773. The first-order chi connectivity index (χ1) is 16.4. The first kappa shape index (κ1) is 22.8. The minimum Gasteiger partial charge on any atom is -0.493 e. The van der Waals surface area contributed by atoms with E-state index in [1.165, 1.54) is 26.4 Å². The Balaban J connectivity index is 1.64. The minimum absolute atomic E-state index is 0.0619. The van der Waals surface area contributed by atoms with Crippen molar-refractivity contribution in [2.75, 3.05) is 20.8 Å². The van der Waals surface area contributed by atoms with E-state index in [1.807, 2.05) is 30.3 Å². The van der Waals surface area contributed by atoms with Gasteiger partial charge in [0.05, 0.1) is 19.6 Å². The molecule has 0 aliphatic rings. The molecule has 0 radical (unpaired) electrons. The number of ether oxygens (including phenoxy) is 3. The molecule has 0 aliphatic carbocycles. The van der Waals surface area contributed by atoms with Gasteiger partial charge in [-0.15, -0.1) is 0 Å². The van der Waals surface area contributed by atoms with Gasteiger partial charge in [-0.3, -0.25) is 9.59 Å². The number of ketones is 1. The van der Waals surface area contributed by atoms with Crippen LogP contribution in [0, 0.1) is 6.92 Å². The number of carbonyl (C=O) groups excluding carboxylic acids is 2. The molecular formula is C27H22O7. The highest BCUT2D eigenvalue weighted by molar-refractivity contribution is 6.04. The summed E-state index contributed by atoms with van der Waals surface area (Å²) in [7, 11) is 2.96. The number of para-hydroxylation sites is 1. The van der Waals surface area contributed by atoms with Crippen molar-refractivity contribution in [3.8, 4) is 22.8 Å². The van der Waals surface area contributed by atoms with E-state index in [0.29, 0.717) is 33.9 Å². The van der Waals surface area contributed by atoms with E-state index >= 15 is 0 Å². The maximum atomic E-state index is 13.0. The molecule has 0 N–H and O–H groups in total. The van der Waals surface area contributed by atoms with Gasteiger partial charge in [-0.1, -0.05) is 36.4 Å². The Morgan fingerprint density at radius 2 is 1.62 bits per heavy atom. The van der Waals surface area contributed by atoms with Crippen molar-refractivity contribution < 1.29 is 28.2 Å². The molecule has 0 amide bonds. The molecule has 34 heavy (non-hydrogen) atoms. The number of Topliss-reactive ketones (excluding diaryl/α,β-unsaturated/α-hetero) is 1. The largest absolute Gasteiger partial charge is 0.493 e. The van der Waals surface area contributed by atoms with Gasteiger partial charge in [-0.05, 0) is 37.3 Å². The van der Waals surface area contributed by atoms with Crippen LogP contribution in [0.25, 0.3) is 22.3 Å². The van der Waals surface area contributed by atoms with Crippen LogP contribution in [0.4, 0.5) is 0 Å². The maximum Gasteiger partial charge on any atom is 0.342 e. The quantitative estimate of drug-likeness (QED) is 0.289. The zero-order valence-electron chi connectivity index (χ0n) is 18.9. The Kier molecular flexibility index (Phi) is 6.45. The molecule has 172 valence electrons. The van der Waals surface area contributed by atoms with Crippen LogP contribution in [-0.4, -0.2) is 32.6 Å². The van der Waals surface area contributed by atoms with Crippen molar-refractivity contribution in [1.29, 1.82) is 0 Å². The van der Waals surface area contributed by atoms with Crippen molar-refractivity contribution in [2.24, 2.45) is 0 Å². The third-order valence-corrected chi connectivity index (χ3v) is 5.44. The van der Waals surface area contributed by atoms with Crippen LogP contribution >= 0.6 is 0 Å². The molecule has 4 aromatic rings. The number of benzene rings is 3. The lowest BCUT2D eigenvalue weighted by Crippen LogP contribution is -2.16. The lowest BCUT2D eigenvalue weighted by Gasteiger charge is -2.11. The molecule has 0 atom stereocenters. The van der Waals surface area contributed by atoms with Crippen molar-refractivity contribution in [3.05, 3.63) is 93.6 Å². The fourth-order valence-corrected chi connectivity index (χ4v) is 3.64. The smallest absolute Gasteiger partial charge is 0.342 e. The highest BCUT2D eigenvalue weighted by atomic mass is 16.5. The Hall–Kier alpha value is -4.39. The third kappa shape index (κ3) is 4.28. The molecule has 1 aromatic heterocycles. The molecule has 3 aromatic carbocycles. The summed E-state index contributed by atoms with van der Waals surface area (Å²) in [6, 6.07) is 18.5. The molecule has 7 nitrogen and oxygen atoms in total. The van der Waals surface area contributed by atoms with Gasteiger partial charge in [0.2, 0.25) is 0 Å². The zero-order valence-corrected chi connectivity index (χ0v) is 18.9. The lowest BCUT2D eigenvalue weighted by molar-refractivity contribution is 0.0475. The van der Waals surface area contributed by atoms with Gasteiger partial charge in [0.15, 0.2) is 34.9 Å². The van der Waals surface area contributed by atoms with Crippen LogP contribution in [0.2, 0.25) is 0 Å². The summed E-state index contributed by atoms with van der Waals surface area (Å²) in [6.07, 6.45) is 0. The molecule has 4 rings (SSSR count). The Morgan fingerprint density at radius 3 is 2.32 bits per heavy atom. The number of carbonyl (C=O) groups is 2. The van der Waals surface area contributed by atoms with E-state index in [0.717, 1.165) is 0 Å². The molecule has 0 unspecified atom stereocenters. The molecule has 0 aliphatic heterocycles. The third-order valence-electron chi connectivity index (χ3n) is 5.44. The molecule has 0 fully saturated rings. The van der Waals surface area contributed by atoms with Crippen LogP contribution in [0.3, 0.4) is 0 Å². The monoisotopic (exact) mass is 458 g/mol. The second kappa shape index (κ2) is 9.62. The van der Waals surface area contributed by atoms with Crippen LogP contribution in [0.15, 0.2) is 75.9 Å². The summed E-state index contributed by atoms with van der Waals surface area (Å²) in [5.41, 5.74) is 1.39. The summed E-state index contributed by atoms with van der Waals surface area (Å²) in [5, 5.41) is 0.262. The van der Waals surface area contributed by atoms with E-state index in [4.69, 9.17) is 18.6 Å². The Labute approximate surface area is 195 Å². The second-order valence-electron chi connectivity index (χ2n) is 7.50. The standard InChI is InChI=1S/C27H22O7/c1-16-24(29)19-10-7-11-20(26(19)34-25(16)17-8-5-4-6-9-17)27(30)33-15-21(28)18-12-13-22(31-2)23(14-18)32-3/h4-14H,15H2,1-3H3. The Morgan fingerprint density at radius 1 is 0.882 bits per heavy atom. The van der Waals surface area contributed by atoms with Crippen molar-refractivity contribution in [1.82, 2.24) is 0 Å². The van der Waals surface area contributed by atoms with Crippen LogP contribution in [0.5, 0.6) is 11.5 Å². The molecule has 1 heterocycles. The average molecular weight is 458 g/mol. The van der Waals surface area contributed by atoms with Gasteiger partial charge in [-0.25, -0.2) is 4.79 Å². The number of esters is 1. The van der Waals surface area contributed by atoms with E-state index in [1.54, 1.807) is 31.2 Å². The summed E-state index contributed by atoms with van der Waals surface area (Å²) < 4.78 is 21.7. The summed E-state index contributed by atoms with van der Waals surface area (Å²) in [6.45, 7) is 1.19. The number of methoxy groups -OCH3 is 2.